The lowest BCUT2D eigenvalue weighted by Gasteiger charge is -2.27. The lowest BCUT2D eigenvalue weighted by Crippen LogP contribution is -2.43. The molecule has 1 aromatic rings. The van der Waals surface area contributed by atoms with Gasteiger partial charge in [0.15, 0.2) is 0 Å². The second kappa shape index (κ2) is 7.96. The van der Waals surface area contributed by atoms with Gasteiger partial charge in [0.05, 0.1) is 0 Å². The van der Waals surface area contributed by atoms with Gasteiger partial charge in [0, 0.05) is 6.54 Å². The Kier molecular flexibility index (Phi) is 5.96. The molecule has 0 N–H and O–H groups in total. The molecular weight excluding hydrogens is 322 g/mol. The van der Waals surface area contributed by atoms with Crippen molar-refractivity contribution in [1.82, 2.24) is 4.90 Å². The van der Waals surface area contributed by atoms with E-state index in [0.29, 0.717) is 13.0 Å². The summed E-state index contributed by atoms with van der Waals surface area (Å²) in [6.45, 7) is 5.56. The van der Waals surface area contributed by atoms with Crippen molar-refractivity contribution in [3.8, 4) is 0 Å². The average molecular weight is 345 g/mol. The standard InChI is InChI=1S/C19H23NO5/c1-19(2,3)25-16(21)12-20-11-7-10-15(17(20)22)18(23)24-13-14-8-5-4-6-9-14/h4-6,8-10H,7,11-13H2,1-3H3. The fraction of sp³-hybridized carbons (Fsp3) is 0.421. The molecule has 134 valence electrons. The highest BCUT2D eigenvalue weighted by Gasteiger charge is 2.30. The summed E-state index contributed by atoms with van der Waals surface area (Å²) in [6.07, 6.45) is 2.05. The van der Waals surface area contributed by atoms with Gasteiger partial charge < -0.3 is 14.4 Å². The van der Waals surface area contributed by atoms with E-state index in [9.17, 15) is 14.4 Å². The van der Waals surface area contributed by atoms with Crippen LogP contribution < -0.4 is 0 Å². The van der Waals surface area contributed by atoms with Crippen LogP contribution in [0.1, 0.15) is 32.8 Å². The zero-order valence-electron chi connectivity index (χ0n) is 14.8. The van der Waals surface area contributed by atoms with Crippen LogP contribution in [0, 0.1) is 0 Å². The number of hydrogen-bond acceptors (Lipinski definition) is 5. The van der Waals surface area contributed by atoms with Gasteiger partial charge in [0.1, 0.15) is 24.3 Å². The first-order valence-corrected chi connectivity index (χ1v) is 8.18. The van der Waals surface area contributed by atoms with E-state index in [1.165, 1.54) is 4.90 Å². The third kappa shape index (κ3) is 5.74. The highest BCUT2D eigenvalue weighted by molar-refractivity contribution is 6.17. The maximum atomic E-state index is 12.4. The summed E-state index contributed by atoms with van der Waals surface area (Å²) >= 11 is 0. The maximum absolute atomic E-state index is 12.4. The van der Waals surface area contributed by atoms with E-state index in [1.54, 1.807) is 26.8 Å². The summed E-state index contributed by atoms with van der Waals surface area (Å²) in [6, 6.07) is 9.22. The minimum absolute atomic E-state index is 0.0364. The molecule has 1 aliphatic heterocycles. The third-order valence-corrected chi connectivity index (χ3v) is 3.44. The summed E-state index contributed by atoms with van der Waals surface area (Å²) in [5.41, 5.74) is 0.180. The zero-order chi connectivity index (χ0) is 18.4. The molecule has 0 spiro atoms. The fourth-order valence-electron chi connectivity index (χ4n) is 2.38. The van der Waals surface area contributed by atoms with Gasteiger partial charge >= 0.3 is 11.9 Å². The Bertz CT molecular complexity index is 673. The Morgan fingerprint density at radius 2 is 1.84 bits per heavy atom. The average Bonchev–Trinajstić information content (AvgIpc) is 2.54. The molecule has 0 fully saturated rings. The zero-order valence-corrected chi connectivity index (χ0v) is 14.8. The lowest BCUT2D eigenvalue weighted by atomic mass is 10.1. The SMILES string of the molecule is CC(C)(C)OC(=O)CN1CCC=C(C(=O)OCc2ccccc2)C1=O. The molecule has 1 amide bonds. The normalized spacial score (nSPS) is 14.8. The van der Waals surface area contributed by atoms with Gasteiger partial charge in [-0.05, 0) is 32.8 Å². The first-order valence-electron chi connectivity index (χ1n) is 8.18. The molecule has 1 aromatic carbocycles. The number of carbonyl (C=O) groups is 3. The van der Waals surface area contributed by atoms with Gasteiger partial charge in [-0.3, -0.25) is 9.59 Å². The van der Waals surface area contributed by atoms with Crippen molar-refractivity contribution in [3.63, 3.8) is 0 Å². The van der Waals surface area contributed by atoms with E-state index in [4.69, 9.17) is 9.47 Å². The van der Waals surface area contributed by atoms with Gasteiger partial charge in [0.25, 0.3) is 5.91 Å². The second-order valence-corrected chi connectivity index (χ2v) is 6.78. The topological polar surface area (TPSA) is 72.9 Å². The number of ether oxygens (including phenoxy) is 2. The van der Waals surface area contributed by atoms with Crippen LogP contribution in [0.2, 0.25) is 0 Å². The molecule has 0 saturated heterocycles. The van der Waals surface area contributed by atoms with Crippen LogP contribution in [-0.4, -0.2) is 41.4 Å². The van der Waals surface area contributed by atoms with Gasteiger partial charge in [0.2, 0.25) is 0 Å². The first-order chi connectivity index (χ1) is 11.8. The van der Waals surface area contributed by atoms with Gasteiger partial charge in [-0.2, -0.15) is 0 Å². The molecule has 1 aliphatic rings. The predicted molar refractivity (Wildman–Crippen MR) is 91.4 cm³/mol. The van der Waals surface area contributed by atoms with Crippen molar-refractivity contribution in [2.45, 2.75) is 39.4 Å². The highest BCUT2D eigenvalue weighted by atomic mass is 16.6. The molecular formula is C19H23NO5. The van der Waals surface area contributed by atoms with Crippen LogP contribution in [0.3, 0.4) is 0 Å². The van der Waals surface area contributed by atoms with Gasteiger partial charge in [-0.1, -0.05) is 36.4 Å². The Morgan fingerprint density at radius 3 is 2.48 bits per heavy atom. The quantitative estimate of drug-likeness (QED) is 0.604. The van der Waals surface area contributed by atoms with Gasteiger partial charge in [-0.25, -0.2) is 4.79 Å². The smallest absolute Gasteiger partial charge is 0.343 e. The number of carbonyl (C=O) groups excluding carboxylic acids is 3. The molecule has 2 rings (SSSR count). The molecule has 6 heteroatoms. The summed E-state index contributed by atoms with van der Waals surface area (Å²) < 4.78 is 10.4. The van der Waals surface area contributed by atoms with E-state index in [0.717, 1.165) is 5.56 Å². The Labute approximate surface area is 147 Å². The summed E-state index contributed by atoms with van der Waals surface area (Å²) in [5, 5.41) is 0. The number of amides is 1. The maximum Gasteiger partial charge on any atom is 0.343 e. The second-order valence-electron chi connectivity index (χ2n) is 6.78. The van der Waals surface area contributed by atoms with Crippen LogP contribution in [0.25, 0.3) is 0 Å². The minimum atomic E-state index is -0.678. The molecule has 0 bridgehead atoms. The molecule has 25 heavy (non-hydrogen) atoms. The van der Waals surface area contributed by atoms with Crippen LogP contribution in [0.15, 0.2) is 42.0 Å². The van der Waals surface area contributed by atoms with E-state index in [2.05, 4.69) is 0 Å². The van der Waals surface area contributed by atoms with Crippen LogP contribution in [-0.2, 0) is 30.5 Å². The molecule has 1 heterocycles. The Balaban J connectivity index is 1.93. The molecule has 0 unspecified atom stereocenters. The fourth-order valence-corrected chi connectivity index (χ4v) is 2.38. The highest BCUT2D eigenvalue weighted by Crippen LogP contribution is 2.15. The number of benzene rings is 1. The van der Waals surface area contributed by atoms with Crippen LogP contribution >= 0.6 is 0 Å². The van der Waals surface area contributed by atoms with E-state index >= 15 is 0 Å². The minimum Gasteiger partial charge on any atom is -0.459 e. The summed E-state index contributed by atoms with van der Waals surface area (Å²) in [5.74, 6) is -1.68. The summed E-state index contributed by atoms with van der Waals surface area (Å²) in [7, 11) is 0. The first kappa shape index (κ1) is 18.7. The van der Waals surface area contributed by atoms with Crippen molar-refractivity contribution in [2.24, 2.45) is 0 Å². The Hall–Kier alpha value is -2.63. The number of hydrogen-bond donors (Lipinski definition) is 0. The Morgan fingerprint density at radius 1 is 1.16 bits per heavy atom. The molecule has 0 atom stereocenters. The third-order valence-electron chi connectivity index (χ3n) is 3.44. The van der Waals surface area contributed by atoms with Crippen LogP contribution in [0.5, 0.6) is 0 Å². The van der Waals surface area contributed by atoms with Crippen molar-refractivity contribution in [3.05, 3.63) is 47.5 Å². The van der Waals surface area contributed by atoms with E-state index in [1.807, 2.05) is 30.3 Å². The largest absolute Gasteiger partial charge is 0.459 e. The van der Waals surface area contributed by atoms with Crippen molar-refractivity contribution in [1.29, 1.82) is 0 Å². The monoisotopic (exact) mass is 345 g/mol. The van der Waals surface area contributed by atoms with Crippen molar-refractivity contribution < 1.29 is 23.9 Å². The van der Waals surface area contributed by atoms with Crippen LogP contribution in [0.4, 0.5) is 0 Å². The summed E-state index contributed by atoms with van der Waals surface area (Å²) in [4.78, 5) is 37.8. The van der Waals surface area contributed by atoms with E-state index in [-0.39, 0.29) is 18.7 Å². The number of nitrogens with zero attached hydrogens (tertiary/aromatic N) is 1. The molecule has 0 aromatic heterocycles. The van der Waals surface area contributed by atoms with E-state index < -0.39 is 23.4 Å². The molecule has 6 nitrogen and oxygen atoms in total. The molecule has 0 radical (unpaired) electrons. The van der Waals surface area contributed by atoms with Crippen molar-refractivity contribution >= 4 is 17.8 Å². The van der Waals surface area contributed by atoms with Gasteiger partial charge in [-0.15, -0.1) is 0 Å². The molecule has 0 aliphatic carbocycles. The predicted octanol–water partition coefficient (Wildman–Crippen LogP) is 2.23. The molecule has 0 saturated carbocycles. The number of rotatable bonds is 5. The number of esters is 2. The lowest BCUT2D eigenvalue weighted by molar-refractivity contribution is -0.159. The van der Waals surface area contributed by atoms with Crippen molar-refractivity contribution in [2.75, 3.05) is 13.1 Å².